The predicted octanol–water partition coefficient (Wildman–Crippen LogP) is 3.41. The maximum absolute atomic E-state index is 13.0. The first kappa shape index (κ1) is 22.7. The summed E-state index contributed by atoms with van der Waals surface area (Å²) in [6.07, 6.45) is 0.0922. The molecule has 0 saturated heterocycles. The van der Waals surface area contributed by atoms with Crippen molar-refractivity contribution in [2.45, 2.75) is 6.42 Å². The summed E-state index contributed by atoms with van der Waals surface area (Å²) in [6, 6.07) is 21.2. The van der Waals surface area contributed by atoms with E-state index < -0.39 is 5.91 Å². The molecule has 2 amide bonds. The van der Waals surface area contributed by atoms with Crippen LogP contribution in [-0.2, 0) is 16.0 Å². The van der Waals surface area contributed by atoms with E-state index in [2.05, 4.69) is 5.32 Å². The van der Waals surface area contributed by atoms with Crippen molar-refractivity contribution in [1.82, 2.24) is 5.32 Å². The van der Waals surface area contributed by atoms with Gasteiger partial charge in [-0.05, 0) is 42.0 Å². The lowest BCUT2D eigenvalue weighted by Crippen LogP contribution is -2.38. The fourth-order valence-electron chi connectivity index (χ4n) is 2.98. The van der Waals surface area contributed by atoms with Crippen molar-refractivity contribution >= 4 is 23.3 Å². The number of benzene rings is 3. The smallest absolute Gasteiger partial charge is 0.255 e. The molecule has 0 aliphatic carbocycles. The van der Waals surface area contributed by atoms with Crippen LogP contribution in [0, 0.1) is 5.82 Å². The van der Waals surface area contributed by atoms with Crippen LogP contribution in [0.1, 0.15) is 15.9 Å². The van der Waals surface area contributed by atoms with Gasteiger partial charge in [0.15, 0.2) is 5.78 Å². The summed E-state index contributed by atoms with van der Waals surface area (Å²) in [7, 11) is 1.63. The Morgan fingerprint density at radius 3 is 2.28 bits per heavy atom. The summed E-state index contributed by atoms with van der Waals surface area (Å²) in [5.74, 6) is -1.11. The van der Waals surface area contributed by atoms with Crippen molar-refractivity contribution < 1.29 is 23.5 Å². The van der Waals surface area contributed by atoms with Gasteiger partial charge < -0.3 is 15.0 Å². The van der Waals surface area contributed by atoms with Gasteiger partial charge in [-0.3, -0.25) is 14.4 Å². The Labute approximate surface area is 185 Å². The molecule has 0 atom stereocenters. The van der Waals surface area contributed by atoms with Crippen LogP contribution in [0.3, 0.4) is 0 Å². The average Bonchev–Trinajstić information content (AvgIpc) is 2.82. The van der Waals surface area contributed by atoms with Crippen LogP contribution in [0.15, 0.2) is 78.9 Å². The summed E-state index contributed by atoms with van der Waals surface area (Å²) in [4.78, 5) is 38.7. The molecular weight excluding hydrogens is 411 g/mol. The minimum absolute atomic E-state index is 0.0922. The Balaban J connectivity index is 1.55. The zero-order valence-corrected chi connectivity index (χ0v) is 17.6. The fourth-order valence-corrected chi connectivity index (χ4v) is 2.98. The highest BCUT2D eigenvalue weighted by Gasteiger charge is 2.16. The Morgan fingerprint density at radius 1 is 0.906 bits per heavy atom. The highest BCUT2D eigenvalue weighted by molar-refractivity contribution is 6.01. The number of anilines is 1. The van der Waals surface area contributed by atoms with Crippen molar-refractivity contribution in [3.05, 3.63) is 95.8 Å². The first-order valence-electron chi connectivity index (χ1n) is 10.0. The van der Waals surface area contributed by atoms with Crippen molar-refractivity contribution in [1.29, 1.82) is 0 Å². The van der Waals surface area contributed by atoms with Gasteiger partial charge in [-0.15, -0.1) is 0 Å². The molecule has 3 aromatic rings. The van der Waals surface area contributed by atoms with E-state index in [9.17, 15) is 18.8 Å². The van der Waals surface area contributed by atoms with Crippen LogP contribution in [0.2, 0.25) is 0 Å². The zero-order valence-electron chi connectivity index (χ0n) is 17.6. The van der Waals surface area contributed by atoms with Gasteiger partial charge in [-0.2, -0.15) is 0 Å². The molecule has 0 heterocycles. The highest BCUT2D eigenvalue weighted by Crippen LogP contribution is 2.18. The normalized spacial score (nSPS) is 10.3. The third-order valence-electron chi connectivity index (χ3n) is 4.75. The van der Waals surface area contributed by atoms with Crippen LogP contribution in [0.25, 0.3) is 0 Å². The van der Waals surface area contributed by atoms with Crippen molar-refractivity contribution in [3.63, 3.8) is 0 Å². The van der Waals surface area contributed by atoms with Gasteiger partial charge >= 0.3 is 0 Å². The predicted molar refractivity (Wildman–Crippen MR) is 119 cm³/mol. The lowest BCUT2D eigenvalue weighted by atomic mass is 10.1. The standard InChI is InChI=1S/C25H23FN2O4/c1-28(20-7-3-2-4-8-20)24(30)16-27-25(31)22-9-5-6-10-23(22)32-17-21(29)15-18-11-13-19(26)14-12-18/h2-14H,15-17H2,1H3,(H,27,31). The zero-order chi connectivity index (χ0) is 22.9. The molecule has 0 unspecified atom stereocenters. The van der Waals surface area contributed by atoms with Gasteiger partial charge in [0, 0.05) is 19.2 Å². The van der Waals surface area contributed by atoms with Crippen LogP contribution in [-0.4, -0.2) is 37.8 Å². The molecule has 0 bridgehead atoms. The van der Waals surface area contributed by atoms with Crippen LogP contribution in [0.4, 0.5) is 10.1 Å². The monoisotopic (exact) mass is 434 g/mol. The minimum Gasteiger partial charge on any atom is -0.485 e. The highest BCUT2D eigenvalue weighted by atomic mass is 19.1. The van der Waals surface area contributed by atoms with E-state index >= 15 is 0 Å². The average molecular weight is 434 g/mol. The molecule has 0 radical (unpaired) electrons. The SMILES string of the molecule is CN(C(=O)CNC(=O)c1ccccc1OCC(=O)Cc1ccc(F)cc1)c1ccccc1. The number of nitrogens with one attached hydrogen (secondary N) is 1. The molecule has 6 nitrogen and oxygen atoms in total. The number of halogens is 1. The third-order valence-corrected chi connectivity index (χ3v) is 4.75. The van der Waals surface area contributed by atoms with E-state index in [1.807, 2.05) is 18.2 Å². The number of ether oxygens (including phenoxy) is 1. The lowest BCUT2D eigenvalue weighted by molar-refractivity contribution is -0.120. The second kappa shape index (κ2) is 10.9. The number of para-hydroxylation sites is 2. The number of amides is 2. The van der Waals surface area contributed by atoms with Gasteiger partial charge in [0.25, 0.3) is 5.91 Å². The summed E-state index contributed by atoms with van der Waals surface area (Å²) < 4.78 is 18.5. The van der Waals surface area contributed by atoms with Crippen molar-refractivity contribution in [2.75, 3.05) is 25.1 Å². The second-order valence-electron chi connectivity index (χ2n) is 7.10. The largest absolute Gasteiger partial charge is 0.485 e. The maximum atomic E-state index is 13.0. The van der Waals surface area contributed by atoms with E-state index in [4.69, 9.17) is 4.74 Å². The molecule has 7 heteroatoms. The molecule has 0 aliphatic heterocycles. The van der Waals surface area contributed by atoms with E-state index in [0.717, 1.165) is 5.69 Å². The third kappa shape index (κ3) is 6.25. The van der Waals surface area contributed by atoms with Crippen LogP contribution in [0.5, 0.6) is 5.75 Å². The molecule has 0 aromatic heterocycles. The summed E-state index contributed by atoms with van der Waals surface area (Å²) >= 11 is 0. The van der Waals surface area contributed by atoms with Crippen molar-refractivity contribution in [2.24, 2.45) is 0 Å². The number of Topliss-reactive ketones (excluding diaryl/α,β-unsaturated/α-hetero) is 1. The molecule has 0 spiro atoms. The van der Waals surface area contributed by atoms with Crippen LogP contribution >= 0.6 is 0 Å². The topological polar surface area (TPSA) is 75.7 Å². The Kier molecular flexibility index (Phi) is 7.70. The van der Waals surface area contributed by atoms with E-state index in [1.54, 1.807) is 43.4 Å². The summed E-state index contributed by atoms with van der Waals surface area (Å²) in [5.41, 5.74) is 1.61. The number of hydrogen-bond acceptors (Lipinski definition) is 4. The first-order chi connectivity index (χ1) is 15.4. The Morgan fingerprint density at radius 2 is 1.56 bits per heavy atom. The van der Waals surface area contributed by atoms with Crippen LogP contribution < -0.4 is 15.0 Å². The quantitative estimate of drug-likeness (QED) is 0.560. The van der Waals surface area contributed by atoms with Gasteiger partial charge in [-0.1, -0.05) is 42.5 Å². The molecule has 0 saturated carbocycles. The number of carbonyl (C=O) groups excluding carboxylic acids is 3. The minimum atomic E-state index is -0.485. The van der Waals surface area contributed by atoms with Crippen molar-refractivity contribution in [3.8, 4) is 5.75 Å². The molecule has 3 rings (SSSR count). The number of nitrogens with zero attached hydrogens (tertiary/aromatic N) is 1. The summed E-state index contributed by atoms with van der Waals surface area (Å²) in [5, 5.41) is 2.59. The van der Waals surface area contributed by atoms with Gasteiger partial charge in [0.1, 0.15) is 18.2 Å². The maximum Gasteiger partial charge on any atom is 0.255 e. The molecule has 0 aliphatic rings. The Bertz CT molecular complexity index is 1080. The second-order valence-corrected chi connectivity index (χ2v) is 7.10. The molecule has 164 valence electrons. The van der Waals surface area contributed by atoms with E-state index in [-0.39, 0.29) is 48.4 Å². The van der Waals surface area contributed by atoms with E-state index in [1.165, 1.54) is 29.2 Å². The number of ketones is 1. The molecular formula is C25H23FN2O4. The molecule has 3 aromatic carbocycles. The molecule has 1 N–H and O–H groups in total. The fraction of sp³-hybridized carbons (Fsp3) is 0.160. The first-order valence-corrected chi connectivity index (χ1v) is 10.0. The van der Waals surface area contributed by atoms with Gasteiger partial charge in [0.2, 0.25) is 5.91 Å². The Hall–Kier alpha value is -4.00. The molecule has 32 heavy (non-hydrogen) atoms. The lowest BCUT2D eigenvalue weighted by Gasteiger charge is -2.18. The molecule has 0 fully saturated rings. The number of rotatable bonds is 9. The van der Waals surface area contributed by atoms with Gasteiger partial charge in [0.05, 0.1) is 12.1 Å². The number of hydrogen-bond donors (Lipinski definition) is 1. The van der Waals surface area contributed by atoms with E-state index in [0.29, 0.717) is 5.56 Å². The number of carbonyl (C=O) groups is 3. The summed E-state index contributed by atoms with van der Waals surface area (Å²) in [6.45, 7) is -0.431. The number of likely N-dealkylation sites (N-methyl/N-ethyl adjacent to an activating group) is 1. The van der Waals surface area contributed by atoms with Gasteiger partial charge in [-0.25, -0.2) is 4.39 Å².